The minimum Gasteiger partial charge on any atom is -0.507 e. The lowest BCUT2D eigenvalue weighted by Crippen LogP contribution is -2.18. The van der Waals surface area contributed by atoms with Gasteiger partial charge in [-0.25, -0.2) is 4.79 Å². The zero-order valence-electron chi connectivity index (χ0n) is 15.1. The van der Waals surface area contributed by atoms with Crippen LogP contribution in [0.4, 0.5) is 0 Å². The monoisotopic (exact) mass is 848 g/mol. The van der Waals surface area contributed by atoms with Gasteiger partial charge < -0.3 is 20.1 Å². The number of carboxylic acid groups (broad SMARTS) is 1. The van der Waals surface area contributed by atoms with Crippen molar-refractivity contribution in [3.8, 4) is 23.0 Å². The third-order valence-corrected chi connectivity index (χ3v) is 9.40. The third kappa shape index (κ3) is 3.91. The Kier molecular flexibility index (Phi) is 7.15. The Labute approximate surface area is 242 Å². The number of phenolic OH excluding ortho intramolecular Hbond substituents is 2. The minimum atomic E-state index is -1.34. The van der Waals surface area contributed by atoms with Gasteiger partial charge >= 0.3 is 5.97 Å². The second kappa shape index (κ2) is 9.15. The third-order valence-electron chi connectivity index (χ3n) is 4.90. The largest absolute Gasteiger partial charge is 0.507 e. The van der Waals surface area contributed by atoms with Crippen molar-refractivity contribution in [2.75, 3.05) is 0 Å². The van der Waals surface area contributed by atoms with Crippen molar-refractivity contribution in [1.29, 1.82) is 0 Å². The molecule has 5 nitrogen and oxygen atoms in total. The first-order valence-corrected chi connectivity index (χ1v) is 13.2. The number of benzene rings is 3. The van der Waals surface area contributed by atoms with E-state index in [0.29, 0.717) is 27.6 Å². The first-order chi connectivity index (χ1) is 15.0. The van der Waals surface area contributed by atoms with Gasteiger partial charge in [-0.05, 0) is 79.9 Å². The molecule has 12 heteroatoms. The van der Waals surface area contributed by atoms with Gasteiger partial charge in [-0.1, -0.05) is 46.4 Å². The summed E-state index contributed by atoms with van der Waals surface area (Å²) < 4.78 is 7.49. The average molecular weight is 850 g/mol. The Morgan fingerprint density at radius 1 is 0.875 bits per heavy atom. The van der Waals surface area contributed by atoms with E-state index in [-0.39, 0.29) is 48.5 Å². The van der Waals surface area contributed by atoms with Crippen molar-refractivity contribution in [3.63, 3.8) is 0 Å². The molecule has 0 aromatic heterocycles. The maximum absolute atomic E-state index is 12.3. The molecule has 1 aliphatic heterocycles. The number of aromatic hydroxyl groups is 2. The summed E-state index contributed by atoms with van der Waals surface area (Å²) in [6, 6.07) is 4.77. The summed E-state index contributed by atoms with van der Waals surface area (Å²) in [5, 5.41) is 30.2. The topological polar surface area (TPSA) is 87.0 Å². The quantitative estimate of drug-likeness (QED) is 0.107. The standard InChI is InChI=1S/C20H7Cl4I3O5/c21-13-11(12(20(30)31)14(22)16(24)15(13)23)10-4-1-6(25)8(28)3-9(4)32-19-5(10)2-7(26)18(29)17(19)27/h1-3,10,28-29H,(H,30,31). The second-order valence-corrected chi connectivity index (χ2v) is 11.6. The predicted octanol–water partition coefficient (Wildman–Crippen LogP) is 8.51. The predicted molar refractivity (Wildman–Crippen MR) is 149 cm³/mol. The van der Waals surface area contributed by atoms with Crippen LogP contribution in [0, 0.1) is 10.7 Å². The number of phenols is 2. The van der Waals surface area contributed by atoms with Crippen LogP contribution in [0.2, 0.25) is 20.1 Å². The fraction of sp³-hybridized carbons (Fsp3) is 0.0500. The summed E-state index contributed by atoms with van der Waals surface area (Å²) in [6.45, 7) is 0. The van der Waals surface area contributed by atoms with E-state index >= 15 is 0 Å². The number of hydrogen-bond donors (Lipinski definition) is 3. The van der Waals surface area contributed by atoms with Crippen LogP contribution in [0.25, 0.3) is 0 Å². The molecule has 0 radical (unpaired) electrons. The molecule has 3 N–H and O–H groups in total. The normalized spacial score (nSPS) is 14.5. The molecule has 0 aliphatic carbocycles. The number of ether oxygens (including phenoxy) is 1. The van der Waals surface area contributed by atoms with E-state index in [2.05, 4.69) is 0 Å². The summed E-state index contributed by atoms with van der Waals surface area (Å²) in [7, 11) is 0. The van der Waals surface area contributed by atoms with Crippen LogP contribution >= 0.6 is 114 Å². The molecule has 0 fully saturated rings. The van der Waals surface area contributed by atoms with E-state index in [0.717, 1.165) is 0 Å². The Hall–Kier alpha value is -0.120. The zero-order chi connectivity index (χ0) is 23.6. The highest BCUT2D eigenvalue weighted by molar-refractivity contribution is 14.1. The van der Waals surface area contributed by atoms with Crippen molar-refractivity contribution < 1.29 is 24.9 Å². The number of carboxylic acids is 1. The van der Waals surface area contributed by atoms with Gasteiger partial charge in [0.1, 0.15) is 23.0 Å². The molecule has 3 aromatic carbocycles. The molecule has 0 spiro atoms. The summed E-state index contributed by atoms with van der Waals surface area (Å²) in [6.07, 6.45) is 0. The van der Waals surface area contributed by atoms with Crippen molar-refractivity contribution in [1.82, 2.24) is 0 Å². The molecule has 1 aliphatic rings. The lowest BCUT2D eigenvalue weighted by atomic mass is 9.80. The van der Waals surface area contributed by atoms with Crippen molar-refractivity contribution in [2.45, 2.75) is 5.92 Å². The van der Waals surface area contributed by atoms with Gasteiger partial charge in [-0.2, -0.15) is 0 Å². The number of fused-ring (bicyclic) bond motifs is 2. The highest BCUT2D eigenvalue weighted by Gasteiger charge is 2.38. The second-order valence-electron chi connectivity index (χ2n) is 6.67. The molecule has 1 unspecified atom stereocenters. The Morgan fingerprint density at radius 3 is 2.09 bits per heavy atom. The molecule has 0 amide bonds. The first-order valence-electron chi connectivity index (χ1n) is 8.45. The molecular weight excluding hydrogens is 843 g/mol. The fourth-order valence-corrected chi connectivity index (χ4v) is 6.90. The van der Waals surface area contributed by atoms with Crippen LogP contribution in [0.15, 0.2) is 18.2 Å². The minimum absolute atomic E-state index is 0.0126. The van der Waals surface area contributed by atoms with Gasteiger partial charge in [-0.15, -0.1) is 0 Å². The van der Waals surface area contributed by atoms with Gasteiger partial charge in [0.25, 0.3) is 0 Å². The van der Waals surface area contributed by atoms with E-state index < -0.39 is 11.9 Å². The molecule has 0 saturated heterocycles. The van der Waals surface area contributed by atoms with E-state index in [1.54, 1.807) is 12.1 Å². The molecule has 166 valence electrons. The summed E-state index contributed by atoms with van der Waals surface area (Å²) >= 11 is 31.2. The van der Waals surface area contributed by atoms with Crippen LogP contribution in [-0.2, 0) is 0 Å². The van der Waals surface area contributed by atoms with Crippen LogP contribution in [0.3, 0.4) is 0 Å². The summed E-state index contributed by atoms with van der Waals surface area (Å²) in [4.78, 5) is 12.3. The van der Waals surface area contributed by atoms with Crippen molar-refractivity contribution in [2.24, 2.45) is 0 Å². The van der Waals surface area contributed by atoms with Gasteiger partial charge in [-0.3, -0.25) is 0 Å². The number of hydrogen-bond acceptors (Lipinski definition) is 4. The molecule has 3 aromatic rings. The average Bonchev–Trinajstić information content (AvgIpc) is 2.73. The van der Waals surface area contributed by atoms with Crippen LogP contribution in [-0.4, -0.2) is 21.3 Å². The number of halogens is 7. The smallest absolute Gasteiger partial charge is 0.337 e. The van der Waals surface area contributed by atoms with E-state index in [4.69, 9.17) is 51.1 Å². The number of carbonyl (C=O) groups is 1. The van der Waals surface area contributed by atoms with E-state index in [1.807, 2.05) is 67.8 Å². The van der Waals surface area contributed by atoms with Crippen LogP contribution < -0.4 is 4.74 Å². The van der Waals surface area contributed by atoms with Gasteiger partial charge in [0, 0.05) is 28.7 Å². The van der Waals surface area contributed by atoms with E-state index in [9.17, 15) is 20.1 Å². The molecule has 0 bridgehead atoms. The SMILES string of the molecule is O=C(O)c1c(Cl)c(Cl)c(Cl)c(Cl)c1C1c2cc(I)c(O)cc2Oc2c1cc(I)c(O)c2I. The highest BCUT2D eigenvalue weighted by atomic mass is 127. The number of rotatable bonds is 2. The number of aromatic carboxylic acids is 1. The van der Waals surface area contributed by atoms with Crippen molar-refractivity contribution >= 4 is 120 Å². The lowest BCUT2D eigenvalue weighted by molar-refractivity contribution is 0.0695. The molecule has 32 heavy (non-hydrogen) atoms. The zero-order valence-corrected chi connectivity index (χ0v) is 24.6. The Balaban J connectivity index is 2.21. The first kappa shape index (κ1) is 25.0. The summed E-state index contributed by atoms with van der Waals surface area (Å²) in [5.41, 5.74) is 0.916. The van der Waals surface area contributed by atoms with Gasteiger partial charge in [0.2, 0.25) is 0 Å². The molecular formula is C20H7Cl4I3O5. The molecule has 4 rings (SSSR count). The Bertz CT molecular complexity index is 1350. The van der Waals surface area contributed by atoms with E-state index in [1.165, 1.54) is 6.07 Å². The summed E-state index contributed by atoms with van der Waals surface area (Å²) in [5.74, 6) is -1.57. The maximum atomic E-state index is 12.3. The Morgan fingerprint density at radius 2 is 1.47 bits per heavy atom. The van der Waals surface area contributed by atoms with Crippen LogP contribution in [0.5, 0.6) is 23.0 Å². The molecule has 1 heterocycles. The van der Waals surface area contributed by atoms with Crippen LogP contribution in [0.1, 0.15) is 33.0 Å². The van der Waals surface area contributed by atoms with Gasteiger partial charge in [0.15, 0.2) is 0 Å². The van der Waals surface area contributed by atoms with Gasteiger partial charge in [0.05, 0.1) is 36.4 Å². The lowest BCUT2D eigenvalue weighted by Gasteiger charge is -2.32. The fourth-order valence-electron chi connectivity index (χ4n) is 3.52. The molecule has 1 atom stereocenters. The highest BCUT2D eigenvalue weighted by Crippen LogP contribution is 2.56. The maximum Gasteiger partial charge on any atom is 0.337 e. The molecule has 0 saturated carbocycles. The van der Waals surface area contributed by atoms with Crippen molar-refractivity contribution in [3.05, 3.63) is 71.3 Å².